The number of carbonyl (C=O) groups excluding carboxylic acids is 2. The van der Waals surface area contributed by atoms with Crippen LogP contribution in [0.5, 0.6) is 5.75 Å². The Morgan fingerprint density at radius 2 is 1.93 bits per heavy atom. The smallest absolute Gasteiger partial charge is 0.342 e. The first kappa shape index (κ1) is 18.5. The summed E-state index contributed by atoms with van der Waals surface area (Å²) in [6.07, 6.45) is 6.79. The van der Waals surface area contributed by atoms with Crippen LogP contribution < -0.4 is 10.6 Å². The van der Waals surface area contributed by atoms with Crippen molar-refractivity contribution in [2.24, 2.45) is 0 Å². The highest BCUT2D eigenvalue weighted by molar-refractivity contribution is 5.91. The van der Waals surface area contributed by atoms with Gasteiger partial charge in [-0.3, -0.25) is 4.79 Å². The van der Waals surface area contributed by atoms with Gasteiger partial charge in [-0.05, 0) is 49.9 Å². The summed E-state index contributed by atoms with van der Waals surface area (Å²) in [4.78, 5) is 24.4. The van der Waals surface area contributed by atoms with Gasteiger partial charge in [-0.25, -0.2) is 4.79 Å². The fourth-order valence-electron chi connectivity index (χ4n) is 3.73. The van der Waals surface area contributed by atoms with Crippen LogP contribution in [-0.4, -0.2) is 32.9 Å². The monoisotopic (exact) mass is 382 g/mol. The third-order valence-corrected chi connectivity index (χ3v) is 5.49. The third-order valence-electron chi connectivity index (χ3n) is 5.49. The van der Waals surface area contributed by atoms with E-state index < -0.39 is 0 Å². The summed E-state index contributed by atoms with van der Waals surface area (Å²) in [5.74, 6) is 0.272. The number of phenols is 1. The standard InChI is InChI=1S/C21H26N4O3/c1-2-20(27)22-15-9-10-19(26)16(11-15)17-12-18(13-5-3-4-6-13)25(24-17)21(28)23-14-7-8-14/h9-14,26H,2-8H2,1H3,(H,22,27)(H,23,28). The second-order valence-electron chi connectivity index (χ2n) is 7.71. The Hall–Kier alpha value is -2.83. The van der Waals surface area contributed by atoms with E-state index in [4.69, 9.17) is 0 Å². The van der Waals surface area contributed by atoms with Gasteiger partial charge in [0, 0.05) is 29.6 Å². The van der Waals surface area contributed by atoms with Crippen LogP contribution >= 0.6 is 0 Å². The van der Waals surface area contributed by atoms with Crippen molar-refractivity contribution in [2.75, 3.05) is 5.32 Å². The summed E-state index contributed by atoms with van der Waals surface area (Å²) in [7, 11) is 0. The van der Waals surface area contributed by atoms with E-state index in [1.54, 1.807) is 25.1 Å². The summed E-state index contributed by atoms with van der Waals surface area (Å²) in [5, 5.41) is 20.7. The largest absolute Gasteiger partial charge is 0.507 e. The Labute approximate surface area is 164 Å². The first-order valence-corrected chi connectivity index (χ1v) is 10.1. The Balaban J connectivity index is 1.70. The number of hydrogen-bond donors (Lipinski definition) is 3. The maximum atomic E-state index is 12.7. The van der Waals surface area contributed by atoms with Crippen molar-refractivity contribution in [1.82, 2.24) is 15.1 Å². The van der Waals surface area contributed by atoms with Gasteiger partial charge in [0.1, 0.15) is 5.75 Å². The van der Waals surface area contributed by atoms with Gasteiger partial charge >= 0.3 is 6.03 Å². The molecule has 7 heteroatoms. The summed E-state index contributed by atoms with van der Waals surface area (Å²) in [5.41, 5.74) is 2.54. The molecule has 2 saturated carbocycles. The quantitative estimate of drug-likeness (QED) is 0.682. The van der Waals surface area contributed by atoms with Gasteiger partial charge in [0.25, 0.3) is 0 Å². The number of amides is 2. The maximum absolute atomic E-state index is 12.7. The van der Waals surface area contributed by atoms with Gasteiger partial charge in [-0.2, -0.15) is 9.78 Å². The molecule has 2 amide bonds. The van der Waals surface area contributed by atoms with E-state index in [2.05, 4.69) is 15.7 Å². The molecule has 0 atom stereocenters. The van der Waals surface area contributed by atoms with Crippen LogP contribution in [0.25, 0.3) is 11.3 Å². The van der Waals surface area contributed by atoms with Crippen LogP contribution in [0.4, 0.5) is 10.5 Å². The predicted molar refractivity (Wildman–Crippen MR) is 106 cm³/mol. The molecule has 2 aliphatic carbocycles. The van der Waals surface area contributed by atoms with E-state index in [0.29, 0.717) is 29.3 Å². The van der Waals surface area contributed by atoms with Gasteiger partial charge in [0.15, 0.2) is 0 Å². The molecule has 1 aromatic heterocycles. The zero-order valence-corrected chi connectivity index (χ0v) is 16.1. The number of aromatic hydroxyl groups is 1. The molecule has 2 aliphatic rings. The molecule has 0 radical (unpaired) electrons. The topological polar surface area (TPSA) is 96.2 Å². The zero-order valence-electron chi connectivity index (χ0n) is 16.1. The number of anilines is 1. The Morgan fingerprint density at radius 1 is 1.18 bits per heavy atom. The Morgan fingerprint density at radius 3 is 2.61 bits per heavy atom. The van der Waals surface area contributed by atoms with E-state index in [0.717, 1.165) is 44.2 Å². The number of nitrogens with zero attached hydrogens (tertiary/aromatic N) is 2. The molecule has 1 aromatic carbocycles. The van der Waals surface area contributed by atoms with Crippen molar-refractivity contribution in [3.05, 3.63) is 30.0 Å². The SMILES string of the molecule is CCC(=O)Nc1ccc(O)c(-c2cc(C3CCCC3)n(C(=O)NC3CC3)n2)c1. The van der Waals surface area contributed by atoms with Crippen molar-refractivity contribution in [1.29, 1.82) is 0 Å². The molecule has 148 valence electrons. The molecular weight excluding hydrogens is 356 g/mol. The number of benzene rings is 1. The highest BCUT2D eigenvalue weighted by Gasteiger charge is 2.29. The molecule has 4 rings (SSSR count). The number of carbonyl (C=O) groups is 2. The maximum Gasteiger partial charge on any atom is 0.342 e. The molecule has 0 aliphatic heterocycles. The summed E-state index contributed by atoms with van der Waals surface area (Å²) >= 11 is 0. The fourth-order valence-corrected chi connectivity index (χ4v) is 3.73. The van der Waals surface area contributed by atoms with E-state index in [1.165, 1.54) is 4.68 Å². The molecule has 1 heterocycles. The second kappa shape index (κ2) is 7.66. The van der Waals surface area contributed by atoms with E-state index in [9.17, 15) is 14.7 Å². The Kier molecular flexibility index (Phi) is 5.07. The highest BCUT2D eigenvalue weighted by Crippen LogP contribution is 2.38. The predicted octanol–water partition coefficient (Wildman–Crippen LogP) is 3.98. The molecule has 0 saturated heterocycles. The minimum atomic E-state index is -0.203. The second-order valence-corrected chi connectivity index (χ2v) is 7.71. The van der Waals surface area contributed by atoms with Crippen LogP contribution in [0.3, 0.4) is 0 Å². The van der Waals surface area contributed by atoms with Gasteiger partial charge in [0.2, 0.25) is 5.91 Å². The highest BCUT2D eigenvalue weighted by atomic mass is 16.3. The average molecular weight is 382 g/mol. The number of rotatable bonds is 5. The lowest BCUT2D eigenvalue weighted by Crippen LogP contribution is -2.32. The van der Waals surface area contributed by atoms with Crippen LogP contribution in [0.2, 0.25) is 0 Å². The average Bonchev–Trinajstić information content (AvgIpc) is 3.17. The molecule has 2 fully saturated rings. The fraction of sp³-hybridized carbons (Fsp3) is 0.476. The van der Waals surface area contributed by atoms with Gasteiger partial charge in [0.05, 0.1) is 11.4 Å². The third kappa shape index (κ3) is 3.88. The lowest BCUT2D eigenvalue weighted by atomic mass is 10.0. The minimum absolute atomic E-state index is 0.0692. The number of hydrogen-bond acceptors (Lipinski definition) is 4. The molecule has 0 spiro atoms. The first-order chi connectivity index (χ1) is 13.5. The summed E-state index contributed by atoms with van der Waals surface area (Å²) in [6, 6.07) is 6.85. The number of nitrogens with one attached hydrogen (secondary N) is 2. The van der Waals surface area contributed by atoms with Crippen molar-refractivity contribution in [2.45, 2.75) is 63.8 Å². The molecule has 0 unspecified atom stereocenters. The van der Waals surface area contributed by atoms with Crippen LogP contribution in [0, 0.1) is 0 Å². The summed E-state index contributed by atoms with van der Waals surface area (Å²) in [6.45, 7) is 1.78. The van der Waals surface area contributed by atoms with Gasteiger partial charge in [-0.1, -0.05) is 19.8 Å². The molecule has 28 heavy (non-hydrogen) atoms. The number of aromatic nitrogens is 2. The van der Waals surface area contributed by atoms with Gasteiger partial charge in [-0.15, -0.1) is 0 Å². The number of phenolic OH excluding ortho intramolecular Hbond substituents is 1. The zero-order chi connectivity index (χ0) is 19.7. The van der Waals surface area contributed by atoms with Crippen LogP contribution in [-0.2, 0) is 4.79 Å². The van der Waals surface area contributed by atoms with Gasteiger partial charge < -0.3 is 15.7 Å². The summed E-state index contributed by atoms with van der Waals surface area (Å²) < 4.78 is 1.47. The van der Waals surface area contributed by atoms with E-state index in [-0.39, 0.29) is 23.7 Å². The lowest BCUT2D eigenvalue weighted by molar-refractivity contribution is -0.115. The molecule has 3 N–H and O–H groups in total. The lowest BCUT2D eigenvalue weighted by Gasteiger charge is -2.11. The van der Waals surface area contributed by atoms with E-state index in [1.807, 2.05) is 6.07 Å². The molecule has 2 aromatic rings. The van der Waals surface area contributed by atoms with Crippen molar-refractivity contribution in [3.8, 4) is 17.0 Å². The van der Waals surface area contributed by atoms with Crippen molar-refractivity contribution >= 4 is 17.6 Å². The van der Waals surface area contributed by atoms with Crippen molar-refractivity contribution in [3.63, 3.8) is 0 Å². The normalized spacial score (nSPS) is 16.9. The molecule has 7 nitrogen and oxygen atoms in total. The minimum Gasteiger partial charge on any atom is -0.507 e. The molecule has 0 bridgehead atoms. The van der Waals surface area contributed by atoms with Crippen molar-refractivity contribution < 1.29 is 14.7 Å². The Bertz CT molecular complexity index is 895. The molecular formula is C21H26N4O3. The van der Waals surface area contributed by atoms with E-state index >= 15 is 0 Å². The van der Waals surface area contributed by atoms with Crippen LogP contribution in [0.15, 0.2) is 24.3 Å². The first-order valence-electron chi connectivity index (χ1n) is 10.1. The van der Waals surface area contributed by atoms with Crippen LogP contribution in [0.1, 0.15) is 63.5 Å².